The van der Waals surface area contributed by atoms with Crippen LogP contribution in [0.1, 0.15) is 11.3 Å². The van der Waals surface area contributed by atoms with E-state index in [0.29, 0.717) is 17.5 Å². The molecule has 3 aromatic carbocycles. The molecule has 1 aliphatic rings. The van der Waals surface area contributed by atoms with Crippen molar-refractivity contribution in [2.24, 2.45) is 0 Å². The van der Waals surface area contributed by atoms with Crippen LogP contribution in [0.4, 0.5) is 0 Å². The molecule has 1 aliphatic carbocycles. The van der Waals surface area contributed by atoms with Crippen LogP contribution in [0, 0.1) is 0 Å². The van der Waals surface area contributed by atoms with Crippen molar-refractivity contribution in [2.75, 3.05) is 0 Å². The van der Waals surface area contributed by atoms with Gasteiger partial charge in [-0.1, -0.05) is 78.9 Å². The molecule has 142 valence electrons. The molecule has 0 aliphatic heterocycles. The molecule has 0 atom stereocenters. The summed E-state index contributed by atoms with van der Waals surface area (Å²) < 4.78 is 0. The Balaban J connectivity index is 1.62. The first-order chi connectivity index (χ1) is 14.9. The molecule has 5 aromatic rings. The lowest BCUT2D eigenvalue weighted by atomic mass is 10.0. The van der Waals surface area contributed by atoms with Gasteiger partial charge in [0.1, 0.15) is 0 Å². The predicted octanol–water partition coefficient (Wildman–Crippen LogP) is 5.92. The summed E-state index contributed by atoms with van der Waals surface area (Å²) in [6, 6.07) is 26.4. The van der Waals surface area contributed by atoms with Crippen molar-refractivity contribution in [3.8, 4) is 34.2 Å². The number of fused-ring (bicyclic) bond motifs is 3. The first-order valence-corrected chi connectivity index (χ1v) is 10.0. The fraction of sp³-hybridized carbons (Fsp3) is 0.0385. The second-order valence-corrected chi connectivity index (χ2v) is 7.39. The van der Waals surface area contributed by atoms with E-state index in [4.69, 9.17) is 15.0 Å². The molecule has 1 N–H and O–H groups in total. The fourth-order valence-corrected chi connectivity index (χ4v) is 4.10. The predicted molar refractivity (Wildman–Crippen MR) is 121 cm³/mol. The Morgan fingerprint density at radius 2 is 1.27 bits per heavy atom. The quantitative estimate of drug-likeness (QED) is 0.418. The number of benzene rings is 3. The summed E-state index contributed by atoms with van der Waals surface area (Å²) in [5, 5.41) is 1.20. The summed E-state index contributed by atoms with van der Waals surface area (Å²) in [6.45, 7) is 0. The number of aromatic nitrogens is 4. The smallest absolute Gasteiger partial charge is 0.164 e. The van der Waals surface area contributed by atoms with Crippen molar-refractivity contribution in [3.05, 3.63) is 96.2 Å². The molecule has 0 radical (unpaired) electrons. The third-order valence-electron chi connectivity index (χ3n) is 5.51. The summed E-state index contributed by atoms with van der Waals surface area (Å²) in [5.41, 5.74) is 6.59. The number of rotatable bonds is 3. The SMILES string of the molecule is C1=Cc2[nH]c3cccc(-c4nc(-c5ccccc5)nc(-c5ccccc5)n4)c3c2C1. The zero-order valence-electron chi connectivity index (χ0n) is 16.2. The Morgan fingerprint density at radius 3 is 1.93 bits per heavy atom. The van der Waals surface area contributed by atoms with Gasteiger partial charge in [0.2, 0.25) is 0 Å². The molecule has 4 nitrogen and oxygen atoms in total. The van der Waals surface area contributed by atoms with E-state index in [9.17, 15) is 0 Å². The number of hydrogen-bond acceptors (Lipinski definition) is 3. The van der Waals surface area contributed by atoms with Gasteiger partial charge in [0.05, 0.1) is 0 Å². The minimum absolute atomic E-state index is 0.682. The highest BCUT2D eigenvalue weighted by Gasteiger charge is 2.19. The molecule has 0 amide bonds. The van der Waals surface area contributed by atoms with Gasteiger partial charge in [-0.3, -0.25) is 0 Å². The van der Waals surface area contributed by atoms with Gasteiger partial charge in [0.25, 0.3) is 0 Å². The van der Waals surface area contributed by atoms with Gasteiger partial charge in [0, 0.05) is 33.3 Å². The van der Waals surface area contributed by atoms with E-state index in [1.807, 2.05) is 60.7 Å². The van der Waals surface area contributed by atoms with Crippen molar-refractivity contribution in [2.45, 2.75) is 6.42 Å². The molecule has 2 heterocycles. The number of allylic oxidation sites excluding steroid dienone is 1. The number of H-pyrrole nitrogens is 1. The molecule has 2 aromatic heterocycles. The van der Waals surface area contributed by atoms with Gasteiger partial charge < -0.3 is 4.98 Å². The minimum Gasteiger partial charge on any atom is -0.355 e. The van der Waals surface area contributed by atoms with E-state index in [0.717, 1.165) is 28.6 Å². The average Bonchev–Trinajstić information content (AvgIpc) is 3.41. The maximum atomic E-state index is 4.90. The monoisotopic (exact) mass is 386 g/mol. The number of nitrogens with zero attached hydrogens (tertiary/aromatic N) is 3. The van der Waals surface area contributed by atoms with Gasteiger partial charge in [-0.15, -0.1) is 0 Å². The molecular weight excluding hydrogens is 368 g/mol. The van der Waals surface area contributed by atoms with Crippen molar-refractivity contribution < 1.29 is 0 Å². The van der Waals surface area contributed by atoms with Crippen LogP contribution in [0.25, 0.3) is 51.1 Å². The van der Waals surface area contributed by atoms with Crippen LogP contribution in [-0.4, -0.2) is 19.9 Å². The first kappa shape index (κ1) is 16.9. The van der Waals surface area contributed by atoms with Crippen LogP contribution in [0.15, 0.2) is 84.9 Å². The largest absolute Gasteiger partial charge is 0.355 e. The summed E-state index contributed by atoms with van der Waals surface area (Å²) >= 11 is 0. The zero-order valence-corrected chi connectivity index (χ0v) is 16.2. The molecule has 0 fully saturated rings. The highest BCUT2D eigenvalue weighted by atomic mass is 15.0. The van der Waals surface area contributed by atoms with Gasteiger partial charge >= 0.3 is 0 Å². The standard InChI is InChI=1S/C26H18N4/c1-3-9-17(10-4-1)24-28-25(18-11-5-2-6-12-18)30-26(29-24)20-14-8-16-22-23(20)19-13-7-15-21(19)27-22/h1-12,14-16,27H,13H2. The van der Waals surface area contributed by atoms with Gasteiger partial charge in [-0.25, -0.2) is 15.0 Å². The van der Waals surface area contributed by atoms with Crippen LogP contribution in [0.2, 0.25) is 0 Å². The Hall–Kier alpha value is -4.05. The molecule has 4 heteroatoms. The minimum atomic E-state index is 0.682. The van der Waals surface area contributed by atoms with Crippen molar-refractivity contribution in [3.63, 3.8) is 0 Å². The molecule has 6 rings (SSSR count). The normalized spacial score (nSPS) is 12.4. The molecule has 0 unspecified atom stereocenters. The van der Waals surface area contributed by atoms with Crippen LogP contribution in [-0.2, 0) is 6.42 Å². The molecule has 0 bridgehead atoms. The summed E-state index contributed by atoms with van der Waals surface area (Å²) in [7, 11) is 0. The van der Waals surface area contributed by atoms with E-state index >= 15 is 0 Å². The average molecular weight is 386 g/mol. The van der Waals surface area contributed by atoms with Crippen LogP contribution >= 0.6 is 0 Å². The fourth-order valence-electron chi connectivity index (χ4n) is 4.10. The molecular formula is C26H18N4. The first-order valence-electron chi connectivity index (χ1n) is 10.0. The topological polar surface area (TPSA) is 54.5 Å². The second-order valence-electron chi connectivity index (χ2n) is 7.39. The van der Waals surface area contributed by atoms with E-state index in [1.165, 1.54) is 16.6 Å². The molecule has 0 saturated heterocycles. The van der Waals surface area contributed by atoms with E-state index < -0.39 is 0 Å². The Kier molecular flexibility index (Phi) is 3.81. The Bertz CT molecular complexity index is 1340. The van der Waals surface area contributed by atoms with E-state index in [2.05, 4.69) is 35.3 Å². The maximum absolute atomic E-state index is 4.90. The maximum Gasteiger partial charge on any atom is 0.164 e. The summed E-state index contributed by atoms with van der Waals surface area (Å²) in [6.07, 6.45) is 5.27. The second kappa shape index (κ2) is 6.78. The van der Waals surface area contributed by atoms with Crippen LogP contribution in [0.3, 0.4) is 0 Å². The van der Waals surface area contributed by atoms with E-state index in [-0.39, 0.29) is 0 Å². The van der Waals surface area contributed by atoms with Crippen molar-refractivity contribution in [1.82, 2.24) is 19.9 Å². The van der Waals surface area contributed by atoms with Gasteiger partial charge in [-0.05, 0) is 24.1 Å². The van der Waals surface area contributed by atoms with Gasteiger partial charge in [-0.2, -0.15) is 0 Å². The highest BCUT2D eigenvalue weighted by Crippen LogP contribution is 2.35. The van der Waals surface area contributed by atoms with Crippen LogP contribution < -0.4 is 0 Å². The lowest BCUT2D eigenvalue weighted by Gasteiger charge is -2.09. The van der Waals surface area contributed by atoms with E-state index in [1.54, 1.807) is 0 Å². The summed E-state index contributed by atoms with van der Waals surface area (Å²) in [4.78, 5) is 18.1. The number of aromatic amines is 1. The molecule has 0 saturated carbocycles. The van der Waals surface area contributed by atoms with Crippen molar-refractivity contribution in [1.29, 1.82) is 0 Å². The van der Waals surface area contributed by atoms with Crippen molar-refractivity contribution >= 4 is 17.0 Å². The highest BCUT2D eigenvalue weighted by molar-refractivity contribution is 5.99. The lowest BCUT2D eigenvalue weighted by molar-refractivity contribution is 1.08. The number of nitrogens with one attached hydrogen (secondary N) is 1. The van der Waals surface area contributed by atoms with Crippen LogP contribution in [0.5, 0.6) is 0 Å². The Labute approximate surface area is 174 Å². The summed E-state index contributed by atoms with van der Waals surface area (Å²) in [5.74, 6) is 2.06. The molecule has 30 heavy (non-hydrogen) atoms. The van der Waals surface area contributed by atoms with Gasteiger partial charge in [0.15, 0.2) is 17.5 Å². The number of hydrogen-bond donors (Lipinski definition) is 1. The third-order valence-corrected chi connectivity index (χ3v) is 5.51. The lowest BCUT2D eigenvalue weighted by Crippen LogP contribution is -2.00. The third kappa shape index (κ3) is 2.73. The Morgan fingerprint density at radius 1 is 0.633 bits per heavy atom. The zero-order chi connectivity index (χ0) is 19.9. The molecule has 0 spiro atoms.